The minimum atomic E-state index is -3.78. The van der Waals surface area contributed by atoms with Crippen LogP contribution in [0.4, 0.5) is 0 Å². The Kier molecular flexibility index (Phi) is 4.53. The number of aromatic nitrogens is 1. The molecule has 0 saturated heterocycles. The van der Waals surface area contributed by atoms with Gasteiger partial charge in [-0.3, -0.25) is 4.79 Å². The standard InChI is InChI=1S/C11H19N3O3S/c1-4-8(3)14(5-2)11(15)10-6-9(7-13-10)18(12,16)17/h6-8,13H,4-5H2,1-3H3,(H2,12,16,17). The Morgan fingerprint density at radius 3 is 2.50 bits per heavy atom. The summed E-state index contributed by atoms with van der Waals surface area (Å²) in [5.74, 6) is -0.221. The number of sulfonamides is 1. The molecule has 1 aromatic rings. The first-order chi connectivity index (χ1) is 8.31. The van der Waals surface area contributed by atoms with E-state index in [0.717, 1.165) is 6.42 Å². The zero-order valence-corrected chi connectivity index (χ0v) is 11.6. The number of rotatable bonds is 5. The highest BCUT2D eigenvalue weighted by Gasteiger charge is 2.21. The van der Waals surface area contributed by atoms with Crippen LogP contribution in [0.1, 0.15) is 37.7 Å². The van der Waals surface area contributed by atoms with Crippen molar-refractivity contribution in [3.8, 4) is 0 Å². The Balaban J connectivity index is 3.00. The zero-order valence-electron chi connectivity index (χ0n) is 10.8. The van der Waals surface area contributed by atoms with Gasteiger partial charge in [0.1, 0.15) is 5.69 Å². The van der Waals surface area contributed by atoms with Crippen molar-refractivity contribution in [2.24, 2.45) is 5.14 Å². The Labute approximate surface area is 107 Å². The van der Waals surface area contributed by atoms with E-state index >= 15 is 0 Å². The second-order valence-corrected chi connectivity index (χ2v) is 5.70. The van der Waals surface area contributed by atoms with Crippen LogP contribution in [-0.4, -0.2) is 36.8 Å². The molecule has 0 fully saturated rings. The molecule has 102 valence electrons. The summed E-state index contributed by atoms with van der Waals surface area (Å²) in [4.78, 5) is 16.4. The largest absolute Gasteiger partial charge is 0.356 e. The van der Waals surface area contributed by atoms with Gasteiger partial charge in [0.05, 0.1) is 4.90 Å². The molecule has 0 aliphatic rings. The third-order valence-electron chi connectivity index (χ3n) is 2.94. The van der Waals surface area contributed by atoms with Gasteiger partial charge >= 0.3 is 0 Å². The Bertz CT molecular complexity index is 521. The number of nitrogens with one attached hydrogen (secondary N) is 1. The molecule has 0 aliphatic heterocycles. The minimum absolute atomic E-state index is 0.0777. The van der Waals surface area contributed by atoms with E-state index in [1.54, 1.807) is 4.90 Å². The van der Waals surface area contributed by atoms with Crippen molar-refractivity contribution in [1.29, 1.82) is 0 Å². The highest BCUT2D eigenvalue weighted by molar-refractivity contribution is 7.89. The molecule has 6 nitrogen and oxygen atoms in total. The SMILES string of the molecule is CCC(C)N(CC)C(=O)c1cc(S(N)(=O)=O)c[nH]1. The van der Waals surface area contributed by atoms with E-state index in [0.29, 0.717) is 6.54 Å². The number of nitrogens with zero attached hydrogens (tertiary/aromatic N) is 1. The monoisotopic (exact) mass is 273 g/mol. The van der Waals surface area contributed by atoms with Gasteiger partial charge in [-0.25, -0.2) is 13.6 Å². The fraction of sp³-hybridized carbons (Fsp3) is 0.545. The predicted molar refractivity (Wildman–Crippen MR) is 68.6 cm³/mol. The van der Waals surface area contributed by atoms with E-state index in [1.807, 2.05) is 20.8 Å². The molecule has 1 amide bonds. The lowest BCUT2D eigenvalue weighted by atomic mass is 10.2. The molecule has 1 rings (SSSR count). The topological polar surface area (TPSA) is 96.3 Å². The van der Waals surface area contributed by atoms with Crippen LogP contribution in [0.3, 0.4) is 0 Å². The van der Waals surface area contributed by atoms with Gasteiger partial charge in [-0.2, -0.15) is 0 Å². The van der Waals surface area contributed by atoms with Gasteiger partial charge in [0.2, 0.25) is 10.0 Å². The van der Waals surface area contributed by atoms with Crippen LogP contribution in [0, 0.1) is 0 Å². The van der Waals surface area contributed by atoms with Gasteiger partial charge in [-0.05, 0) is 26.3 Å². The Morgan fingerprint density at radius 2 is 2.11 bits per heavy atom. The lowest BCUT2D eigenvalue weighted by Gasteiger charge is -2.26. The number of hydrogen-bond acceptors (Lipinski definition) is 3. The molecular weight excluding hydrogens is 254 g/mol. The first-order valence-corrected chi connectivity index (χ1v) is 7.38. The number of aromatic amines is 1. The molecule has 0 aromatic carbocycles. The van der Waals surface area contributed by atoms with Crippen molar-refractivity contribution in [1.82, 2.24) is 9.88 Å². The molecule has 1 atom stereocenters. The van der Waals surface area contributed by atoms with Gasteiger partial charge in [-0.15, -0.1) is 0 Å². The summed E-state index contributed by atoms with van der Waals surface area (Å²) >= 11 is 0. The van der Waals surface area contributed by atoms with E-state index in [2.05, 4.69) is 4.98 Å². The summed E-state index contributed by atoms with van der Waals surface area (Å²) in [5, 5.41) is 4.99. The van der Waals surface area contributed by atoms with Gasteiger partial charge in [0, 0.05) is 18.8 Å². The van der Waals surface area contributed by atoms with E-state index in [9.17, 15) is 13.2 Å². The lowest BCUT2D eigenvalue weighted by molar-refractivity contribution is 0.0694. The summed E-state index contributed by atoms with van der Waals surface area (Å²) < 4.78 is 22.3. The van der Waals surface area contributed by atoms with Crippen molar-refractivity contribution in [3.05, 3.63) is 18.0 Å². The number of carbonyl (C=O) groups excluding carboxylic acids is 1. The maximum Gasteiger partial charge on any atom is 0.270 e. The molecule has 0 aliphatic carbocycles. The number of hydrogen-bond donors (Lipinski definition) is 2. The minimum Gasteiger partial charge on any atom is -0.356 e. The van der Waals surface area contributed by atoms with Gasteiger partial charge < -0.3 is 9.88 Å². The van der Waals surface area contributed by atoms with Crippen molar-refractivity contribution in [2.75, 3.05) is 6.54 Å². The normalized spacial score (nSPS) is 13.3. The predicted octanol–water partition coefficient (Wildman–Crippen LogP) is 0.923. The van der Waals surface area contributed by atoms with Crippen LogP contribution in [0.5, 0.6) is 0 Å². The zero-order chi connectivity index (χ0) is 13.9. The van der Waals surface area contributed by atoms with Gasteiger partial charge in [0.15, 0.2) is 0 Å². The summed E-state index contributed by atoms with van der Waals surface area (Å²) in [7, 11) is -3.78. The van der Waals surface area contributed by atoms with Gasteiger partial charge in [-0.1, -0.05) is 6.92 Å². The van der Waals surface area contributed by atoms with E-state index in [-0.39, 0.29) is 22.5 Å². The Morgan fingerprint density at radius 1 is 1.50 bits per heavy atom. The summed E-state index contributed by atoms with van der Waals surface area (Å²) in [6, 6.07) is 1.37. The number of amides is 1. The van der Waals surface area contributed by atoms with Crippen molar-refractivity contribution in [3.63, 3.8) is 0 Å². The molecule has 3 N–H and O–H groups in total. The highest BCUT2D eigenvalue weighted by Crippen LogP contribution is 2.13. The quantitative estimate of drug-likeness (QED) is 0.835. The van der Waals surface area contributed by atoms with Crippen LogP contribution >= 0.6 is 0 Å². The maximum atomic E-state index is 12.2. The fourth-order valence-corrected chi connectivity index (χ4v) is 2.20. The number of H-pyrrole nitrogens is 1. The third kappa shape index (κ3) is 3.11. The van der Waals surface area contributed by atoms with Crippen LogP contribution in [-0.2, 0) is 10.0 Å². The summed E-state index contributed by atoms with van der Waals surface area (Å²) in [6.45, 7) is 6.39. The lowest BCUT2D eigenvalue weighted by Crippen LogP contribution is -2.38. The number of carbonyl (C=O) groups is 1. The average molecular weight is 273 g/mol. The molecule has 0 saturated carbocycles. The van der Waals surface area contributed by atoms with Crippen LogP contribution < -0.4 is 5.14 Å². The summed E-state index contributed by atoms with van der Waals surface area (Å²) in [5.41, 5.74) is 0.237. The molecular formula is C11H19N3O3S. The number of nitrogens with two attached hydrogens (primary N) is 1. The molecule has 0 bridgehead atoms. The van der Waals surface area contributed by atoms with Crippen molar-refractivity contribution in [2.45, 2.75) is 38.1 Å². The molecule has 0 radical (unpaired) electrons. The second kappa shape index (κ2) is 5.53. The first kappa shape index (κ1) is 14.7. The molecule has 1 heterocycles. The molecule has 18 heavy (non-hydrogen) atoms. The fourth-order valence-electron chi connectivity index (χ4n) is 1.69. The molecule has 0 spiro atoms. The van der Waals surface area contributed by atoms with E-state index < -0.39 is 10.0 Å². The number of primary sulfonamides is 1. The maximum absolute atomic E-state index is 12.2. The smallest absolute Gasteiger partial charge is 0.270 e. The first-order valence-electron chi connectivity index (χ1n) is 5.83. The van der Waals surface area contributed by atoms with Crippen molar-refractivity contribution >= 4 is 15.9 Å². The highest BCUT2D eigenvalue weighted by atomic mass is 32.2. The third-order valence-corrected chi connectivity index (χ3v) is 3.83. The van der Waals surface area contributed by atoms with Crippen LogP contribution in [0.15, 0.2) is 17.2 Å². The summed E-state index contributed by atoms with van der Waals surface area (Å²) in [6.07, 6.45) is 2.06. The average Bonchev–Trinajstić information content (AvgIpc) is 2.78. The Hall–Kier alpha value is -1.34. The van der Waals surface area contributed by atoms with E-state index in [4.69, 9.17) is 5.14 Å². The van der Waals surface area contributed by atoms with Crippen LogP contribution in [0.25, 0.3) is 0 Å². The van der Waals surface area contributed by atoms with Crippen LogP contribution in [0.2, 0.25) is 0 Å². The molecule has 1 unspecified atom stereocenters. The van der Waals surface area contributed by atoms with E-state index in [1.165, 1.54) is 12.3 Å². The molecule has 7 heteroatoms. The second-order valence-electron chi connectivity index (χ2n) is 4.14. The molecule has 1 aromatic heterocycles. The van der Waals surface area contributed by atoms with Crippen molar-refractivity contribution < 1.29 is 13.2 Å². The van der Waals surface area contributed by atoms with Gasteiger partial charge in [0.25, 0.3) is 5.91 Å².